The van der Waals surface area contributed by atoms with Gasteiger partial charge in [-0.05, 0) is 30.7 Å². The van der Waals surface area contributed by atoms with E-state index in [0.717, 1.165) is 10.8 Å². The lowest BCUT2D eigenvalue weighted by atomic mass is 9.92. The van der Waals surface area contributed by atoms with Crippen molar-refractivity contribution in [2.24, 2.45) is 0 Å². The lowest BCUT2D eigenvalue weighted by Crippen LogP contribution is -2.01. The lowest BCUT2D eigenvalue weighted by molar-refractivity contribution is 0.335. The molecule has 2 aromatic rings. The number of rotatable bonds is 4. The first kappa shape index (κ1) is 13.0. The van der Waals surface area contributed by atoms with Crippen LogP contribution < -0.4 is 4.74 Å². The summed E-state index contributed by atoms with van der Waals surface area (Å²) in [6.07, 6.45) is 0. The molecule has 0 aliphatic rings. The summed E-state index contributed by atoms with van der Waals surface area (Å²) < 4.78 is 5.68. The molecule has 1 unspecified atom stereocenters. The third-order valence-corrected chi connectivity index (χ3v) is 3.31. The Hall–Kier alpha value is -1.47. The van der Waals surface area contributed by atoms with Crippen LogP contribution in [0.15, 0.2) is 48.5 Å². The summed E-state index contributed by atoms with van der Waals surface area (Å²) in [4.78, 5) is 0. The van der Waals surface area contributed by atoms with Crippen molar-refractivity contribution in [3.05, 3.63) is 64.7 Å². The second kappa shape index (κ2) is 5.92. The van der Waals surface area contributed by atoms with Crippen LogP contribution in [0.2, 0.25) is 5.02 Å². The molecule has 0 aliphatic carbocycles. The summed E-state index contributed by atoms with van der Waals surface area (Å²) in [6.45, 7) is 4.87. The molecule has 0 N–H and O–H groups in total. The Balaban J connectivity index is 2.33. The molecular weight excluding hydrogens is 244 g/mol. The van der Waals surface area contributed by atoms with Crippen molar-refractivity contribution in [2.75, 3.05) is 6.61 Å². The molecule has 0 fully saturated rings. The Labute approximate surface area is 113 Å². The van der Waals surface area contributed by atoms with Gasteiger partial charge in [0.15, 0.2) is 0 Å². The molecule has 0 heterocycles. The summed E-state index contributed by atoms with van der Waals surface area (Å²) in [7, 11) is 0. The highest BCUT2D eigenvalue weighted by Crippen LogP contribution is 2.31. The van der Waals surface area contributed by atoms with Gasteiger partial charge in [0.2, 0.25) is 0 Å². The Morgan fingerprint density at radius 1 is 1.06 bits per heavy atom. The molecular formula is C16H17ClO. The molecule has 2 heteroatoms. The van der Waals surface area contributed by atoms with Crippen molar-refractivity contribution in [1.29, 1.82) is 0 Å². The predicted octanol–water partition coefficient (Wildman–Crippen LogP) is 4.89. The van der Waals surface area contributed by atoms with Crippen molar-refractivity contribution in [3.63, 3.8) is 0 Å². The van der Waals surface area contributed by atoms with Crippen LogP contribution >= 0.6 is 11.6 Å². The van der Waals surface area contributed by atoms with E-state index in [0.29, 0.717) is 12.5 Å². The van der Waals surface area contributed by atoms with Gasteiger partial charge in [0.05, 0.1) is 6.61 Å². The van der Waals surface area contributed by atoms with Gasteiger partial charge in [-0.25, -0.2) is 0 Å². The minimum Gasteiger partial charge on any atom is -0.494 e. The topological polar surface area (TPSA) is 9.23 Å². The normalized spacial score (nSPS) is 12.2. The summed E-state index contributed by atoms with van der Waals surface area (Å²) in [5.74, 6) is 1.26. The van der Waals surface area contributed by atoms with Gasteiger partial charge >= 0.3 is 0 Å². The second-order valence-corrected chi connectivity index (χ2v) is 4.68. The smallest absolute Gasteiger partial charge is 0.123 e. The lowest BCUT2D eigenvalue weighted by Gasteiger charge is -2.16. The molecule has 0 aliphatic heterocycles. The first-order chi connectivity index (χ1) is 8.72. The van der Waals surface area contributed by atoms with Gasteiger partial charge in [0, 0.05) is 16.5 Å². The average molecular weight is 261 g/mol. The van der Waals surface area contributed by atoms with Gasteiger partial charge in [0.1, 0.15) is 5.75 Å². The molecule has 0 spiro atoms. The maximum atomic E-state index is 5.92. The third kappa shape index (κ3) is 2.85. The van der Waals surface area contributed by atoms with Crippen molar-refractivity contribution < 1.29 is 4.74 Å². The first-order valence-electron chi connectivity index (χ1n) is 6.19. The summed E-state index contributed by atoms with van der Waals surface area (Å²) >= 11 is 5.92. The van der Waals surface area contributed by atoms with Crippen LogP contribution in [-0.2, 0) is 0 Å². The standard InChI is InChI=1S/C16H17ClO/c1-3-18-16-7-5-4-6-15(16)12(2)13-8-10-14(17)11-9-13/h4-12H,3H2,1-2H3. The van der Waals surface area contributed by atoms with Gasteiger partial charge in [-0.3, -0.25) is 0 Å². The first-order valence-corrected chi connectivity index (χ1v) is 6.57. The van der Waals surface area contributed by atoms with E-state index in [2.05, 4.69) is 25.1 Å². The number of para-hydroxylation sites is 1. The molecule has 0 bridgehead atoms. The highest BCUT2D eigenvalue weighted by Gasteiger charge is 2.12. The Morgan fingerprint density at radius 3 is 2.39 bits per heavy atom. The summed E-state index contributed by atoms with van der Waals surface area (Å²) in [5.41, 5.74) is 2.45. The maximum Gasteiger partial charge on any atom is 0.123 e. The largest absolute Gasteiger partial charge is 0.494 e. The van der Waals surface area contributed by atoms with Crippen LogP contribution in [0.3, 0.4) is 0 Å². The minimum absolute atomic E-state index is 0.296. The quantitative estimate of drug-likeness (QED) is 0.760. The van der Waals surface area contributed by atoms with Gasteiger partial charge in [-0.2, -0.15) is 0 Å². The van der Waals surface area contributed by atoms with Crippen LogP contribution in [0, 0.1) is 0 Å². The van der Waals surface area contributed by atoms with E-state index in [1.807, 2.05) is 37.3 Å². The Morgan fingerprint density at radius 2 is 1.72 bits per heavy atom. The van der Waals surface area contributed by atoms with Gasteiger partial charge < -0.3 is 4.74 Å². The zero-order valence-corrected chi connectivity index (χ0v) is 11.4. The number of benzene rings is 2. The van der Waals surface area contributed by atoms with Crippen LogP contribution in [0.1, 0.15) is 30.9 Å². The van der Waals surface area contributed by atoms with Gasteiger partial charge in [-0.15, -0.1) is 0 Å². The number of hydrogen-bond donors (Lipinski definition) is 0. The van der Waals surface area contributed by atoms with E-state index < -0.39 is 0 Å². The van der Waals surface area contributed by atoms with Crippen molar-refractivity contribution in [2.45, 2.75) is 19.8 Å². The predicted molar refractivity (Wildman–Crippen MR) is 76.6 cm³/mol. The van der Waals surface area contributed by atoms with E-state index >= 15 is 0 Å². The fraction of sp³-hybridized carbons (Fsp3) is 0.250. The average Bonchev–Trinajstić information content (AvgIpc) is 2.40. The second-order valence-electron chi connectivity index (χ2n) is 4.24. The number of halogens is 1. The Bertz CT molecular complexity index is 505. The molecule has 1 nitrogen and oxygen atoms in total. The molecule has 1 atom stereocenters. The fourth-order valence-electron chi connectivity index (χ4n) is 2.06. The Kier molecular flexibility index (Phi) is 4.27. The minimum atomic E-state index is 0.296. The van der Waals surface area contributed by atoms with Crippen LogP contribution in [0.25, 0.3) is 0 Å². The van der Waals surface area contributed by atoms with E-state index in [1.54, 1.807) is 0 Å². The monoisotopic (exact) mass is 260 g/mol. The zero-order chi connectivity index (χ0) is 13.0. The van der Waals surface area contributed by atoms with Crippen LogP contribution in [0.4, 0.5) is 0 Å². The molecule has 0 aromatic heterocycles. The van der Waals surface area contributed by atoms with E-state index in [-0.39, 0.29) is 0 Å². The number of ether oxygens (including phenoxy) is 1. The van der Waals surface area contributed by atoms with E-state index in [1.165, 1.54) is 11.1 Å². The van der Waals surface area contributed by atoms with Crippen molar-refractivity contribution >= 4 is 11.6 Å². The maximum absolute atomic E-state index is 5.92. The van der Waals surface area contributed by atoms with Crippen molar-refractivity contribution in [3.8, 4) is 5.75 Å². The molecule has 0 saturated carbocycles. The van der Waals surface area contributed by atoms with E-state index in [9.17, 15) is 0 Å². The number of hydrogen-bond acceptors (Lipinski definition) is 1. The summed E-state index contributed by atoms with van der Waals surface area (Å²) in [5, 5.41) is 0.768. The van der Waals surface area contributed by atoms with Gasteiger partial charge in [-0.1, -0.05) is 48.9 Å². The zero-order valence-electron chi connectivity index (χ0n) is 10.7. The fourth-order valence-corrected chi connectivity index (χ4v) is 2.18. The molecule has 2 aromatic carbocycles. The molecule has 2 rings (SSSR count). The van der Waals surface area contributed by atoms with E-state index in [4.69, 9.17) is 16.3 Å². The highest BCUT2D eigenvalue weighted by molar-refractivity contribution is 6.30. The molecule has 18 heavy (non-hydrogen) atoms. The molecule has 94 valence electrons. The van der Waals surface area contributed by atoms with Gasteiger partial charge in [0.25, 0.3) is 0 Å². The molecule has 0 radical (unpaired) electrons. The summed E-state index contributed by atoms with van der Waals surface area (Å²) in [6, 6.07) is 16.2. The van der Waals surface area contributed by atoms with Crippen LogP contribution in [0.5, 0.6) is 5.75 Å². The van der Waals surface area contributed by atoms with Crippen molar-refractivity contribution in [1.82, 2.24) is 0 Å². The third-order valence-electron chi connectivity index (χ3n) is 3.06. The van der Waals surface area contributed by atoms with Crippen LogP contribution in [-0.4, -0.2) is 6.61 Å². The molecule has 0 amide bonds. The molecule has 0 saturated heterocycles. The highest BCUT2D eigenvalue weighted by atomic mass is 35.5. The SMILES string of the molecule is CCOc1ccccc1C(C)c1ccc(Cl)cc1.